The second kappa shape index (κ2) is 6.23. The molecular formula is C16H17N5. The number of rotatable bonds is 3. The van der Waals surface area contributed by atoms with E-state index in [4.69, 9.17) is 5.26 Å². The summed E-state index contributed by atoms with van der Waals surface area (Å²) in [7, 11) is 0. The quantitative estimate of drug-likeness (QED) is 0.935. The van der Waals surface area contributed by atoms with E-state index in [-0.39, 0.29) is 0 Å². The summed E-state index contributed by atoms with van der Waals surface area (Å²) in [6.07, 6.45) is 5.48. The Morgan fingerprint density at radius 2 is 1.90 bits per heavy atom. The average Bonchev–Trinajstić information content (AvgIpc) is 2.56. The summed E-state index contributed by atoms with van der Waals surface area (Å²) in [5.41, 5.74) is 1.32. The maximum Gasteiger partial charge on any atom is 0.229 e. The predicted molar refractivity (Wildman–Crippen MR) is 82.5 cm³/mol. The smallest absolute Gasteiger partial charge is 0.229 e. The molecule has 5 heteroatoms. The third kappa shape index (κ3) is 3.11. The minimum atomic E-state index is 0.528. The molecule has 1 fully saturated rings. The first-order valence-corrected chi connectivity index (χ1v) is 7.21. The number of nitrogens with zero attached hydrogens (tertiary/aromatic N) is 4. The predicted octanol–water partition coefficient (Wildman–Crippen LogP) is 3.08. The van der Waals surface area contributed by atoms with Gasteiger partial charge in [0, 0.05) is 19.3 Å². The van der Waals surface area contributed by atoms with Crippen molar-refractivity contribution >= 4 is 17.5 Å². The van der Waals surface area contributed by atoms with E-state index < -0.39 is 0 Å². The van der Waals surface area contributed by atoms with Gasteiger partial charge in [-0.3, -0.25) is 0 Å². The number of nitriles is 1. The Morgan fingerprint density at radius 1 is 1.10 bits per heavy atom. The Kier molecular flexibility index (Phi) is 3.97. The van der Waals surface area contributed by atoms with Crippen LogP contribution in [0.25, 0.3) is 0 Å². The molecule has 1 aromatic carbocycles. The molecule has 0 atom stereocenters. The highest BCUT2D eigenvalue weighted by molar-refractivity contribution is 5.63. The van der Waals surface area contributed by atoms with Crippen LogP contribution in [0.5, 0.6) is 0 Å². The van der Waals surface area contributed by atoms with Crippen molar-refractivity contribution in [2.75, 3.05) is 23.3 Å². The summed E-state index contributed by atoms with van der Waals surface area (Å²) in [5.74, 6) is 1.47. The van der Waals surface area contributed by atoms with E-state index in [2.05, 4.69) is 26.3 Å². The van der Waals surface area contributed by atoms with Crippen molar-refractivity contribution in [3.63, 3.8) is 0 Å². The highest BCUT2D eigenvalue weighted by atomic mass is 15.2. The summed E-state index contributed by atoms with van der Waals surface area (Å²) >= 11 is 0. The van der Waals surface area contributed by atoms with E-state index in [9.17, 15) is 0 Å². The summed E-state index contributed by atoms with van der Waals surface area (Å²) in [6, 6.07) is 11.5. The molecule has 1 aliphatic rings. The lowest BCUT2D eigenvalue weighted by atomic mass is 10.1. The van der Waals surface area contributed by atoms with Gasteiger partial charge in [-0.2, -0.15) is 10.2 Å². The van der Waals surface area contributed by atoms with Gasteiger partial charge in [0.25, 0.3) is 0 Å². The van der Waals surface area contributed by atoms with E-state index in [0.29, 0.717) is 11.5 Å². The summed E-state index contributed by atoms with van der Waals surface area (Å²) < 4.78 is 0. The molecule has 21 heavy (non-hydrogen) atoms. The molecule has 2 heterocycles. The van der Waals surface area contributed by atoms with Crippen molar-refractivity contribution in [3.8, 4) is 6.07 Å². The Bertz CT molecular complexity index is 656. The molecule has 0 amide bonds. The molecule has 5 nitrogen and oxygen atoms in total. The SMILES string of the molecule is N#Cc1ccccc1Nc1nccc(N2CCCCC2)n1. The van der Waals surface area contributed by atoms with Gasteiger partial charge in [-0.15, -0.1) is 0 Å². The van der Waals surface area contributed by atoms with Gasteiger partial charge in [0.15, 0.2) is 0 Å². The number of hydrogen-bond acceptors (Lipinski definition) is 5. The minimum absolute atomic E-state index is 0.528. The lowest BCUT2D eigenvalue weighted by Crippen LogP contribution is -2.30. The van der Waals surface area contributed by atoms with Gasteiger partial charge in [-0.05, 0) is 37.5 Å². The number of nitrogens with one attached hydrogen (secondary N) is 1. The Balaban J connectivity index is 1.81. The number of hydrogen-bond donors (Lipinski definition) is 1. The van der Waals surface area contributed by atoms with E-state index in [1.807, 2.05) is 24.3 Å². The maximum atomic E-state index is 9.12. The van der Waals surface area contributed by atoms with E-state index in [1.54, 1.807) is 12.3 Å². The molecule has 0 aliphatic carbocycles. The van der Waals surface area contributed by atoms with Gasteiger partial charge in [0.1, 0.15) is 11.9 Å². The molecule has 0 bridgehead atoms. The highest BCUT2D eigenvalue weighted by Crippen LogP contribution is 2.21. The molecule has 0 unspecified atom stereocenters. The molecule has 3 rings (SSSR count). The number of para-hydroxylation sites is 1. The van der Waals surface area contributed by atoms with Gasteiger partial charge in [-0.25, -0.2) is 4.98 Å². The first kappa shape index (κ1) is 13.4. The molecule has 2 aromatic rings. The van der Waals surface area contributed by atoms with Crippen molar-refractivity contribution < 1.29 is 0 Å². The number of anilines is 3. The van der Waals surface area contributed by atoms with Crippen LogP contribution >= 0.6 is 0 Å². The minimum Gasteiger partial charge on any atom is -0.356 e. The Labute approximate surface area is 124 Å². The molecule has 0 radical (unpaired) electrons. The largest absolute Gasteiger partial charge is 0.356 e. The lowest BCUT2D eigenvalue weighted by molar-refractivity contribution is 0.573. The molecule has 106 valence electrons. The Morgan fingerprint density at radius 3 is 2.71 bits per heavy atom. The van der Waals surface area contributed by atoms with Crippen molar-refractivity contribution in [2.24, 2.45) is 0 Å². The van der Waals surface area contributed by atoms with Gasteiger partial charge in [0.05, 0.1) is 11.3 Å². The average molecular weight is 279 g/mol. The fourth-order valence-corrected chi connectivity index (χ4v) is 2.52. The van der Waals surface area contributed by atoms with Crippen LogP contribution in [0.3, 0.4) is 0 Å². The molecule has 0 saturated carbocycles. The number of piperidine rings is 1. The topological polar surface area (TPSA) is 64.8 Å². The van der Waals surface area contributed by atoms with E-state index >= 15 is 0 Å². The first-order valence-electron chi connectivity index (χ1n) is 7.21. The lowest BCUT2D eigenvalue weighted by Gasteiger charge is -2.27. The molecule has 0 spiro atoms. The normalized spacial score (nSPS) is 14.5. The third-order valence-electron chi connectivity index (χ3n) is 3.61. The van der Waals surface area contributed by atoms with Crippen molar-refractivity contribution in [2.45, 2.75) is 19.3 Å². The third-order valence-corrected chi connectivity index (χ3v) is 3.61. The summed E-state index contributed by atoms with van der Waals surface area (Å²) in [4.78, 5) is 11.1. The maximum absolute atomic E-state index is 9.12. The summed E-state index contributed by atoms with van der Waals surface area (Å²) in [5, 5.41) is 12.2. The van der Waals surface area contributed by atoms with Gasteiger partial charge < -0.3 is 10.2 Å². The standard InChI is InChI=1S/C16H17N5/c17-12-13-6-2-3-7-14(13)19-16-18-9-8-15(20-16)21-10-4-1-5-11-21/h2-3,6-9H,1,4-5,10-11H2,(H,18,19,20). The number of aromatic nitrogens is 2. The summed E-state index contributed by atoms with van der Waals surface area (Å²) in [6.45, 7) is 2.09. The van der Waals surface area contributed by atoms with Gasteiger partial charge in [0.2, 0.25) is 5.95 Å². The van der Waals surface area contributed by atoms with Crippen LogP contribution in [0.2, 0.25) is 0 Å². The van der Waals surface area contributed by atoms with Crippen LogP contribution < -0.4 is 10.2 Å². The van der Waals surface area contributed by atoms with Crippen molar-refractivity contribution in [3.05, 3.63) is 42.1 Å². The second-order valence-electron chi connectivity index (χ2n) is 5.07. The van der Waals surface area contributed by atoms with Crippen molar-refractivity contribution in [1.82, 2.24) is 9.97 Å². The Hall–Kier alpha value is -2.61. The second-order valence-corrected chi connectivity index (χ2v) is 5.07. The van der Waals surface area contributed by atoms with Crippen LogP contribution in [0.4, 0.5) is 17.5 Å². The zero-order valence-electron chi connectivity index (χ0n) is 11.8. The fraction of sp³-hybridized carbons (Fsp3) is 0.312. The van der Waals surface area contributed by atoms with Crippen LogP contribution in [0.15, 0.2) is 36.5 Å². The first-order chi connectivity index (χ1) is 10.4. The van der Waals surface area contributed by atoms with Crippen LogP contribution in [-0.2, 0) is 0 Å². The molecule has 1 N–H and O–H groups in total. The van der Waals surface area contributed by atoms with Gasteiger partial charge >= 0.3 is 0 Å². The fourth-order valence-electron chi connectivity index (χ4n) is 2.52. The molecule has 1 aliphatic heterocycles. The molecule has 1 saturated heterocycles. The molecular weight excluding hydrogens is 262 g/mol. The highest BCUT2D eigenvalue weighted by Gasteiger charge is 2.13. The number of benzene rings is 1. The zero-order valence-corrected chi connectivity index (χ0v) is 11.8. The van der Waals surface area contributed by atoms with Crippen molar-refractivity contribution in [1.29, 1.82) is 5.26 Å². The van der Waals surface area contributed by atoms with E-state index in [1.165, 1.54) is 19.3 Å². The van der Waals surface area contributed by atoms with E-state index in [0.717, 1.165) is 24.6 Å². The van der Waals surface area contributed by atoms with Gasteiger partial charge in [-0.1, -0.05) is 12.1 Å². The van der Waals surface area contributed by atoms with Crippen LogP contribution in [-0.4, -0.2) is 23.1 Å². The van der Waals surface area contributed by atoms with Crippen LogP contribution in [0.1, 0.15) is 24.8 Å². The zero-order chi connectivity index (χ0) is 14.5. The monoisotopic (exact) mass is 279 g/mol. The molecule has 1 aromatic heterocycles. The van der Waals surface area contributed by atoms with Crippen LogP contribution in [0, 0.1) is 11.3 Å².